The number of ether oxygens (including phenoxy) is 1. The molecule has 3 heteroatoms. The summed E-state index contributed by atoms with van der Waals surface area (Å²) in [6.07, 6.45) is 17.1. The lowest BCUT2D eigenvalue weighted by molar-refractivity contribution is -0.141. The molecule has 0 spiro atoms. The van der Waals surface area contributed by atoms with Crippen LogP contribution in [0.1, 0.15) is 126 Å². The molecule has 0 bridgehead atoms. The quantitative estimate of drug-likeness (QED) is 0.136. The van der Waals surface area contributed by atoms with Crippen molar-refractivity contribution in [2.45, 2.75) is 124 Å². The first-order chi connectivity index (χ1) is 20.8. The fraction of sp³-hybridized carbons (Fsp3) is 0.625. The number of aliphatic hydroxyl groups is 1. The Morgan fingerprint density at radius 1 is 0.953 bits per heavy atom. The van der Waals surface area contributed by atoms with Crippen molar-refractivity contribution in [2.24, 2.45) is 23.7 Å². The lowest BCUT2D eigenvalue weighted by atomic mass is 9.66. The number of aryl methyl sites for hydroxylation is 3. The number of aliphatic hydroxyl groups excluding tert-OH is 1. The summed E-state index contributed by atoms with van der Waals surface area (Å²) in [7, 11) is 0. The Bertz CT molecular complexity index is 1180. The second-order valence-electron chi connectivity index (χ2n) is 13.8. The highest BCUT2D eigenvalue weighted by Crippen LogP contribution is 2.46. The Labute approximate surface area is 262 Å². The molecule has 43 heavy (non-hydrogen) atoms. The number of unbranched alkanes of at least 4 members (excludes halogenated alkanes) is 2. The van der Waals surface area contributed by atoms with Crippen LogP contribution in [0.15, 0.2) is 48.6 Å². The monoisotopic (exact) mass is 586 g/mol. The molecule has 1 N–H and O–H groups in total. The molecule has 0 radical (unpaired) electrons. The average Bonchev–Trinajstić information content (AvgIpc) is 3.03. The number of hydrogen-bond acceptors (Lipinski definition) is 3. The van der Waals surface area contributed by atoms with Gasteiger partial charge in [0, 0.05) is 12.2 Å². The van der Waals surface area contributed by atoms with Gasteiger partial charge in [0.05, 0.1) is 6.61 Å². The van der Waals surface area contributed by atoms with Gasteiger partial charge >= 0.3 is 5.97 Å². The molecule has 1 unspecified atom stereocenters. The van der Waals surface area contributed by atoms with Crippen LogP contribution in [0, 0.1) is 30.6 Å². The van der Waals surface area contributed by atoms with E-state index in [9.17, 15) is 9.90 Å². The fourth-order valence-corrected chi connectivity index (χ4v) is 8.18. The van der Waals surface area contributed by atoms with Gasteiger partial charge in [0.2, 0.25) is 0 Å². The average molecular weight is 587 g/mol. The smallest absolute Gasteiger partial charge is 0.333 e. The van der Waals surface area contributed by atoms with E-state index < -0.39 is 0 Å². The SMILES string of the molecule is C=C(C)C(=O)OCC(CCO)C1CCC(C2CCC(c3ccc(-c4ccc(CCCCC)cc4C)cc3CC)CC2)CC1. The van der Waals surface area contributed by atoms with Gasteiger partial charge in [0.25, 0.3) is 0 Å². The van der Waals surface area contributed by atoms with Gasteiger partial charge in [-0.25, -0.2) is 4.79 Å². The highest BCUT2D eigenvalue weighted by molar-refractivity contribution is 5.86. The van der Waals surface area contributed by atoms with Crippen LogP contribution in [0.4, 0.5) is 0 Å². The van der Waals surface area contributed by atoms with Crippen LogP contribution in [0.3, 0.4) is 0 Å². The molecule has 0 saturated heterocycles. The molecule has 1 atom stereocenters. The summed E-state index contributed by atoms with van der Waals surface area (Å²) in [5.74, 6) is 2.85. The van der Waals surface area contributed by atoms with Crippen LogP contribution < -0.4 is 0 Å². The third-order valence-electron chi connectivity index (χ3n) is 10.8. The van der Waals surface area contributed by atoms with E-state index in [0.717, 1.165) is 18.3 Å². The van der Waals surface area contributed by atoms with Crippen molar-refractivity contribution in [3.05, 3.63) is 70.8 Å². The summed E-state index contributed by atoms with van der Waals surface area (Å²) >= 11 is 0. The number of esters is 1. The van der Waals surface area contributed by atoms with Crippen molar-refractivity contribution in [2.75, 3.05) is 13.2 Å². The minimum absolute atomic E-state index is 0.158. The number of benzene rings is 2. The second kappa shape index (κ2) is 16.6. The lowest BCUT2D eigenvalue weighted by Gasteiger charge is -2.40. The van der Waals surface area contributed by atoms with E-state index in [2.05, 4.69) is 63.7 Å². The molecule has 3 nitrogen and oxygen atoms in total. The second-order valence-corrected chi connectivity index (χ2v) is 13.8. The summed E-state index contributed by atoms with van der Waals surface area (Å²) in [5, 5.41) is 9.62. The molecule has 0 heterocycles. The zero-order valence-corrected chi connectivity index (χ0v) is 27.6. The fourth-order valence-electron chi connectivity index (χ4n) is 8.18. The van der Waals surface area contributed by atoms with Gasteiger partial charge in [-0.3, -0.25) is 0 Å². The van der Waals surface area contributed by atoms with Gasteiger partial charge in [-0.15, -0.1) is 0 Å². The maximum atomic E-state index is 11.9. The highest BCUT2D eigenvalue weighted by atomic mass is 16.5. The van der Waals surface area contributed by atoms with Crippen molar-refractivity contribution >= 4 is 5.97 Å². The number of rotatable bonds is 14. The summed E-state index contributed by atoms with van der Waals surface area (Å²) in [6.45, 7) is 12.8. The van der Waals surface area contributed by atoms with E-state index >= 15 is 0 Å². The molecule has 2 fully saturated rings. The van der Waals surface area contributed by atoms with Crippen molar-refractivity contribution in [1.29, 1.82) is 0 Å². The summed E-state index contributed by atoms with van der Waals surface area (Å²) in [4.78, 5) is 11.9. The number of hydrogen-bond donors (Lipinski definition) is 1. The van der Waals surface area contributed by atoms with Crippen LogP contribution in [0.5, 0.6) is 0 Å². The molecule has 2 aromatic carbocycles. The predicted octanol–water partition coefficient (Wildman–Crippen LogP) is 10.2. The lowest BCUT2D eigenvalue weighted by Crippen LogP contribution is -2.30. The van der Waals surface area contributed by atoms with Crippen molar-refractivity contribution in [1.82, 2.24) is 0 Å². The summed E-state index contributed by atoms with van der Waals surface area (Å²) < 4.78 is 5.50. The van der Waals surface area contributed by atoms with Crippen molar-refractivity contribution in [3.63, 3.8) is 0 Å². The van der Waals surface area contributed by atoms with Gasteiger partial charge < -0.3 is 9.84 Å². The molecule has 2 aliphatic carbocycles. The number of carbonyl (C=O) groups excluding carboxylic acids is 1. The minimum Gasteiger partial charge on any atom is -0.462 e. The predicted molar refractivity (Wildman–Crippen MR) is 180 cm³/mol. The standard InChI is InChI=1S/C40H58O3/c1-6-8-9-10-30-11-21-38(29(5)25-30)36-20-22-39(31(7-2)26-36)35-18-16-33(17-19-35)32-12-14-34(15-13-32)37(23-24-41)27-43-40(42)28(3)4/h11,20-22,25-26,32-35,37,41H,3,6-10,12-19,23-24,27H2,1-2,4-5H3. The van der Waals surface area contributed by atoms with Gasteiger partial charge in [-0.2, -0.15) is 0 Å². The topological polar surface area (TPSA) is 46.5 Å². The third kappa shape index (κ3) is 9.07. The Morgan fingerprint density at radius 2 is 1.65 bits per heavy atom. The van der Waals surface area contributed by atoms with Crippen LogP contribution in [0.2, 0.25) is 0 Å². The van der Waals surface area contributed by atoms with Gasteiger partial charge in [-0.1, -0.05) is 69.7 Å². The third-order valence-corrected chi connectivity index (χ3v) is 10.8. The summed E-state index contributed by atoms with van der Waals surface area (Å²) in [5.41, 5.74) is 9.21. The molecule has 2 saturated carbocycles. The van der Waals surface area contributed by atoms with Gasteiger partial charge in [0.1, 0.15) is 0 Å². The molecular weight excluding hydrogens is 528 g/mol. The van der Waals surface area contributed by atoms with E-state index in [1.54, 1.807) is 12.5 Å². The molecule has 0 aromatic heterocycles. The zero-order chi connectivity index (χ0) is 30.8. The Balaban J connectivity index is 1.31. The molecule has 2 aromatic rings. The first-order valence-corrected chi connectivity index (χ1v) is 17.5. The van der Waals surface area contributed by atoms with Crippen molar-refractivity contribution in [3.8, 4) is 11.1 Å². The van der Waals surface area contributed by atoms with E-state index in [-0.39, 0.29) is 18.5 Å². The number of carbonyl (C=O) groups is 1. The first-order valence-electron chi connectivity index (χ1n) is 17.5. The highest BCUT2D eigenvalue weighted by Gasteiger charge is 2.34. The molecule has 2 aliphatic rings. The molecule has 0 amide bonds. The normalized spacial score (nSPS) is 23.1. The Morgan fingerprint density at radius 3 is 2.26 bits per heavy atom. The van der Waals surface area contributed by atoms with Crippen LogP contribution in [-0.4, -0.2) is 24.3 Å². The van der Waals surface area contributed by atoms with Crippen LogP contribution in [0.25, 0.3) is 11.1 Å². The van der Waals surface area contributed by atoms with Gasteiger partial charge in [-0.05, 0) is 154 Å². The zero-order valence-electron chi connectivity index (χ0n) is 27.6. The minimum atomic E-state index is -0.309. The van der Waals surface area contributed by atoms with E-state index in [1.165, 1.54) is 105 Å². The molecule has 0 aliphatic heterocycles. The maximum Gasteiger partial charge on any atom is 0.333 e. The van der Waals surface area contributed by atoms with Crippen LogP contribution in [-0.2, 0) is 22.4 Å². The van der Waals surface area contributed by atoms with E-state index in [4.69, 9.17) is 4.74 Å². The molecular formula is C40H58O3. The molecule has 236 valence electrons. The van der Waals surface area contributed by atoms with Gasteiger partial charge in [0.15, 0.2) is 0 Å². The Kier molecular flexibility index (Phi) is 12.9. The summed E-state index contributed by atoms with van der Waals surface area (Å²) in [6, 6.07) is 14.4. The van der Waals surface area contributed by atoms with E-state index in [1.807, 2.05) is 0 Å². The first kappa shape index (κ1) is 33.5. The largest absolute Gasteiger partial charge is 0.462 e. The van der Waals surface area contributed by atoms with Crippen LogP contribution >= 0.6 is 0 Å². The Hall–Kier alpha value is -2.39. The van der Waals surface area contributed by atoms with Crippen molar-refractivity contribution < 1.29 is 14.6 Å². The molecule has 4 rings (SSSR count). The van der Waals surface area contributed by atoms with E-state index in [0.29, 0.717) is 30.4 Å². The maximum absolute atomic E-state index is 11.9.